The average molecular weight is 281 g/mol. The molecule has 20 heavy (non-hydrogen) atoms. The predicted octanol–water partition coefficient (Wildman–Crippen LogP) is 2.69. The van der Waals surface area contributed by atoms with Crippen LogP contribution in [0.5, 0.6) is 0 Å². The molecule has 0 spiro atoms. The Morgan fingerprint density at radius 1 is 1.15 bits per heavy atom. The van der Waals surface area contributed by atoms with E-state index in [9.17, 15) is 4.79 Å². The molecule has 0 aromatic heterocycles. The standard InChI is InChI=1S/C16H31N3O/c1-13(14-9-11-18(2)12-10-14)19(3)16(20)17-15-7-5-4-6-8-15/h13-15H,4-12H2,1-3H3,(H,17,20). The molecule has 1 aliphatic heterocycles. The Kier molecular flexibility index (Phi) is 5.70. The van der Waals surface area contributed by atoms with Crippen molar-refractivity contribution in [2.75, 3.05) is 27.2 Å². The summed E-state index contributed by atoms with van der Waals surface area (Å²) >= 11 is 0. The van der Waals surface area contributed by atoms with Crippen LogP contribution >= 0.6 is 0 Å². The predicted molar refractivity (Wildman–Crippen MR) is 82.9 cm³/mol. The van der Waals surface area contributed by atoms with Gasteiger partial charge in [0, 0.05) is 19.1 Å². The summed E-state index contributed by atoms with van der Waals surface area (Å²) in [6, 6.07) is 0.874. The van der Waals surface area contributed by atoms with Gasteiger partial charge < -0.3 is 15.1 Å². The minimum Gasteiger partial charge on any atom is -0.335 e. The summed E-state index contributed by atoms with van der Waals surface area (Å²) < 4.78 is 0. The number of hydrogen-bond acceptors (Lipinski definition) is 2. The van der Waals surface area contributed by atoms with Crippen molar-refractivity contribution >= 4 is 6.03 Å². The molecule has 2 aliphatic rings. The third kappa shape index (κ3) is 4.11. The van der Waals surface area contributed by atoms with E-state index in [1.54, 1.807) is 0 Å². The Labute approximate surface area is 123 Å². The van der Waals surface area contributed by atoms with E-state index in [4.69, 9.17) is 0 Å². The Bertz CT molecular complexity index is 307. The second-order valence-corrected chi connectivity index (χ2v) is 6.78. The van der Waals surface area contributed by atoms with E-state index in [2.05, 4.69) is 24.2 Å². The molecule has 1 atom stereocenters. The lowest BCUT2D eigenvalue weighted by Crippen LogP contribution is -2.50. The van der Waals surface area contributed by atoms with Crippen molar-refractivity contribution < 1.29 is 4.79 Å². The van der Waals surface area contributed by atoms with Crippen LogP contribution in [0.15, 0.2) is 0 Å². The smallest absolute Gasteiger partial charge is 0.317 e. The van der Waals surface area contributed by atoms with E-state index in [-0.39, 0.29) is 6.03 Å². The molecule has 0 aromatic carbocycles. The van der Waals surface area contributed by atoms with Gasteiger partial charge in [0.1, 0.15) is 0 Å². The van der Waals surface area contributed by atoms with Gasteiger partial charge in [-0.05, 0) is 58.7 Å². The quantitative estimate of drug-likeness (QED) is 0.863. The van der Waals surface area contributed by atoms with Crippen molar-refractivity contribution in [2.24, 2.45) is 5.92 Å². The topological polar surface area (TPSA) is 35.6 Å². The first-order valence-corrected chi connectivity index (χ1v) is 8.30. The zero-order valence-electron chi connectivity index (χ0n) is 13.4. The molecule has 1 heterocycles. The van der Waals surface area contributed by atoms with Gasteiger partial charge in [0.15, 0.2) is 0 Å². The molecule has 2 rings (SSSR count). The fourth-order valence-corrected chi connectivity index (χ4v) is 3.54. The molecule has 1 aliphatic carbocycles. The highest BCUT2D eigenvalue weighted by molar-refractivity contribution is 5.74. The summed E-state index contributed by atoms with van der Waals surface area (Å²) in [4.78, 5) is 16.7. The van der Waals surface area contributed by atoms with Crippen LogP contribution in [0.2, 0.25) is 0 Å². The van der Waals surface area contributed by atoms with Crippen molar-refractivity contribution in [3.05, 3.63) is 0 Å². The lowest BCUT2D eigenvalue weighted by Gasteiger charge is -2.37. The molecule has 0 bridgehead atoms. The summed E-state index contributed by atoms with van der Waals surface area (Å²) in [6.07, 6.45) is 8.58. The second kappa shape index (κ2) is 7.30. The van der Waals surface area contributed by atoms with Crippen molar-refractivity contribution in [3.8, 4) is 0 Å². The number of amides is 2. The van der Waals surface area contributed by atoms with E-state index in [0.29, 0.717) is 18.0 Å². The number of nitrogens with zero attached hydrogens (tertiary/aromatic N) is 2. The molecule has 0 aromatic rings. The summed E-state index contributed by atoms with van der Waals surface area (Å²) in [5, 5.41) is 3.22. The minimum atomic E-state index is 0.128. The Hall–Kier alpha value is -0.770. The van der Waals surface area contributed by atoms with Crippen LogP contribution in [-0.2, 0) is 0 Å². The molecule has 1 unspecified atom stereocenters. The van der Waals surface area contributed by atoms with E-state index in [0.717, 1.165) is 25.9 Å². The summed E-state index contributed by atoms with van der Waals surface area (Å²) in [6.45, 7) is 4.52. The van der Waals surface area contributed by atoms with Gasteiger partial charge in [0.05, 0.1) is 0 Å². The average Bonchev–Trinajstić information content (AvgIpc) is 2.47. The van der Waals surface area contributed by atoms with Gasteiger partial charge in [-0.15, -0.1) is 0 Å². The zero-order valence-corrected chi connectivity index (χ0v) is 13.4. The van der Waals surface area contributed by atoms with Crippen LogP contribution in [0.3, 0.4) is 0 Å². The van der Waals surface area contributed by atoms with Crippen LogP contribution in [0.4, 0.5) is 4.79 Å². The van der Waals surface area contributed by atoms with Crippen LogP contribution in [0.25, 0.3) is 0 Å². The second-order valence-electron chi connectivity index (χ2n) is 6.78. The molecule has 0 radical (unpaired) electrons. The van der Waals surface area contributed by atoms with Crippen molar-refractivity contribution in [1.82, 2.24) is 15.1 Å². The maximum Gasteiger partial charge on any atom is 0.317 e. The van der Waals surface area contributed by atoms with Gasteiger partial charge in [-0.1, -0.05) is 19.3 Å². The number of urea groups is 1. The zero-order chi connectivity index (χ0) is 14.5. The van der Waals surface area contributed by atoms with Crippen molar-refractivity contribution in [3.63, 3.8) is 0 Å². The van der Waals surface area contributed by atoms with Gasteiger partial charge in [-0.2, -0.15) is 0 Å². The maximum absolute atomic E-state index is 12.4. The maximum atomic E-state index is 12.4. The molecule has 4 heteroatoms. The molecule has 2 amide bonds. The molecule has 2 fully saturated rings. The third-order valence-electron chi connectivity index (χ3n) is 5.31. The first kappa shape index (κ1) is 15.6. The number of rotatable bonds is 3. The molecular formula is C16H31N3O. The summed E-state index contributed by atoms with van der Waals surface area (Å²) in [5.74, 6) is 0.647. The van der Waals surface area contributed by atoms with Gasteiger partial charge in [0.2, 0.25) is 0 Å². The molecular weight excluding hydrogens is 250 g/mol. The van der Waals surface area contributed by atoms with Gasteiger partial charge >= 0.3 is 6.03 Å². The van der Waals surface area contributed by atoms with E-state index in [1.165, 1.54) is 32.1 Å². The molecule has 1 N–H and O–H groups in total. The first-order valence-electron chi connectivity index (χ1n) is 8.30. The number of nitrogens with one attached hydrogen (secondary N) is 1. The molecule has 1 saturated heterocycles. The highest BCUT2D eigenvalue weighted by atomic mass is 16.2. The van der Waals surface area contributed by atoms with Crippen LogP contribution < -0.4 is 5.32 Å². The highest BCUT2D eigenvalue weighted by Gasteiger charge is 2.28. The van der Waals surface area contributed by atoms with Crippen LogP contribution in [0.1, 0.15) is 51.9 Å². The SMILES string of the molecule is CC(C1CCN(C)CC1)N(C)C(=O)NC1CCCCC1. The first-order chi connectivity index (χ1) is 9.58. The molecule has 4 nitrogen and oxygen atoms in total. The van der Waals surface area contributed by atoms with Crippen molar-refractivity contribution in [1.29, 1.82) is 0 Å². The van der Waals surface area contributed by atoms with E-state index in [1.807, 2.05) is 11.9 Å². The van der Waals surface area contributed by atoms with Gasteiger partial charge in [-0.25, -0.2) is 4.79 Å². The Balaban J connectivity index is 1.79. The monoisotopic (exact) mass is 281 g/mol. The molecule has 1 saturated carbocycles. The Morgan fingerprint density at radius 3 is 2.35 bits per heavy atom. The number of likely N-dealkylation sites (tertiary alicyclic amines) is 1. The van der Waals surface area contributed by atoms with E-state index >= 15 is 0 Å². The number of hydrogen-bond donors (Lipinski definition) is 1. The summed E-state index contributed by atoms with van der Waals surface area (Å²) in [7, 11) is 4.14. The van der Waals surface area contributed by atoms with E-state index < -0.39 is 0 Å². The number of carbonyl (C=O) groups excluding carboxylic acids is 1. The third-order valence-corrected chi connectivity index (χ3v) is 5.31. The van der Waals surface area contributed by atoms with Crippen molar-refractivity contribution in [2.45, 2.75) is 64.0 Å². The normalized spacial score (nSPS) is 24.4. The largest absolute Gasteiger partial charge is 0.335 e. The van der Waals surface area contributed by atoms with Crippen LogP contribution in [0, 0.1) is 5.92 Å². The fraction of sp³-hybridized carbons (Fsp3) is 0.938. The molecule has 116 valence electrons. The van der Waals surface area contributed by atoms with Gasteiger partial charge in [-0.3, -0.25) is 0 Å². The lowest BCUT2D eigenvalue weighted by atomic mass is 9.90. The lowest BCUT2D eigenvalue weighted by molar-refractivity contribution is 0.129. The number of carbonyl (C=O) groups is 1. The summed E-state index contributed by atoms with van der Waals surface area (Å²) in [5.41, 5.74) is 0. The fourth-order valence-electron chi connectivity index (χ4n) is 3.54. The Morgan fingerprint density at radius 2 is 1.75 bits per heavy atom. The minimum absolute atomic E-state index is 0.128. The number of piperidine rings is 1. The highest BCUT2D eigenvalue weighted by Crippen LogP contribution is 2.23. The van der Waals surface area contributed by atoms with Gasteiger partial charge in [0.25, 0.3) is 0 Å². The van der Waals surface area contributed by atoms with Crippen LogP contribution in [-0.4, -0.2) is 55.1 Å².